The number of nitrogens with zero attached hydrogens (tertiary/aromatic N) is 1. The summed E-state index contributed by atoms with van der Waals surface area (Å²) in [5.74, 6) is -0.662. The minimum Gasteiger partial charge on any atom is -0.457 e. The van der Waals surface area contributed by atoms with Crippen molar-refractivity contribution in [2.24, 2.45) is 0 Å². The van der Waals surface area contributed by atoms with Gasteiger partial charge in [-0.1, -0.05) is 30.3 Å². The summed E-state index contributed by atoms with van der Waals surface area (Å²) >= 11 is 0. The van der Waals surface area contributed by atoms with E-state index in [1.54, 1.807) is 18.2 Å². The molecule has 0 saturated heterocycles. The molecule has 1 aliphatic carbocycles. The Morgan fingerprint density at radius 2 is 1.83 bits per heavy atom. The SMILES string of the molecule is C[C@@H]1Cc2cc(C(=O)COC(=O)C3(c4ccccc4)CC3)ccc2N1S(C)(=O)=O. The molecular weight excluding hydrogens is 390 g/mol. The molecule has 1 saturated carbocycles. The van der Waals surface area contributed by atoms with Gasteiger partial charge in [0.05, 0.1) is 17.4 Å². The number of ether oxygens (including phenoxy) is 1. The van der Waals surface area contributed by atoms with Crippen LogP contribution >= 0.6 is 0 Å². The van der Waals surface area contributed by atoms with Crippen molar-refractivity contribution in [1.82, 2.24) is 0 Å². The van der Waals surface area contributed by atoms with E-state index in [0.29, 0.717) is 17.7 Å². The van der Waals surface area contributed by atoms with Gasteiger partial charge in [0, 0.05) is 11.6 Å². The summed E-state index contributed by atoms with van der Waals surface area (Å²) in [4.78, 5) is 25.2. The molecule has 2 aliphatic rings. The van der Waals surface area contributed by atoms with Crippen LogP contribution in [0, 0.1) is 0 Å². The Hall–Kier alpha value is -2.67. The lowest BCUT2D eigenvalue weighted by Gasteiger charge is -2.21. The summed E-state index contributed by atoms with van der Waals surface area (Å²) in [6, 6.07) is 14.3. The zero-order valence-electron chi connectivity index (χ0n) is 16.4. The van der Waals surface area contributed by atoms with E-state index in [2.05, 4.69) is 0 Å². The van der Waals surface area contributed by atoms with Crippen LogP contribution in [0.25, 0.3) is 0 Å². The highest BCUT2D eigenvalue weighted by atomic mass is 32.2. The lowest BCUT2D eigenvalue weighted by molar-refractivity contribution is -0.145. The molecule has 4 rings (SSSR count). The molecule has 2 aromatic rings. The van der Waals surface area contributed by atoms with Crippen LogP contribution in [0.2, 0.25) is 0 Å². The second kappa shape index (κ2) is 6.99. The number of carbonyl (C=O) groups is 2. The molecule has 1 atom stereocenters. The molecule has 152 valence electrons. The molecule has 0 amide bonds. The molecular formula is C22H23NO5S. The highest BCUT2D eigenvalue weighted by Gasteiger charge is 2.52. The third kappa shape index (κ3) is 3.55. The standard InChI is InChI=1S/C22H23NO5S/c1-15-12-17-13-16(8-9-19(17)23(15)29(2,26)27)20(24)14-28-21(25)22(10-11-22)18-6-4-3-5-7-18/h3-9,13,15H,10-12,14H2,1-2H3/t15-/m1/s1. The fourth-order valence-electron chi connectivity index (χ4n) is 4.13. The van der Waals surface area contributed by atoms with Crippen LogP contribution in [-0.4, -0.2) is 39.1 Å². The molecule has 1 aliphatic heterocycles. The number of benzene rings is 2. The first-order valence-electron chi connectivity index (χ1n) is 9.61. The summed E-state index contributed by atoms with van der Waals surface area (Å²) in [5.41, 5.74) is 2.14. The number of carbonyl (C=O) groups excluding carboxylic acids is 2. The van der Waals surface area contributed by atoms with Gasteiger partial charge in [-0.3, -0.25) is 13.9 Å². The quantitative estimate of drug-likeness (QED) is 0.537. The lowest BCUT2D eigenvalue weighted by Crippen LogP contribution is -2.34. The predicted molar refractivity (Wildman–Crippen MR) is 110 cm³/mol. The van der Waals surface area contributed by atoms with Crippen LogP contribution in [0.1, 0.15) is 41.3 Å². The van der Waals surface area contributed by atoms with Gasteiger partial charge in [0.25, 0.3) is 0 Å². The van der Waals surface area contributed by atoms with Crippen LogP contribution in [0.4, 0.5) is 5.69 Å². The maximum atomic E-state index is 12.6. The summed E-state index contributed by atoms with van der Waals surface area (Å²) in [5, 5.41) is 0. The number of rotatable bonds is 6. The van der Waals surface area contributed by atoms with E-state index in [9.17, 15) is 18.0 Å². The first kappa shape index (κ1) is 19.6. The maximum absolute atomic E-state index is 12.6. The Labute approximate surface area is 170 Å². The molecule has 1 heterocycles. The zero-order valence-corrected chi connectivity index (χ0v) is 17.2. The van der Waals surface area contributed by atoms with Gasteiger partial charge in [0.2, 0.25) is 10.0 Å². The van der Waals surface area contributed by atoms with E-state index in [0.717, 1.165) is 24.0 Å². The number of sulfonamides is 1. The largest absolute Gasteiger partial charge is 0.457 e. The zero-order chi connectivity index (χ0) is 20.8. The van der Waals surface area contributed by atoms with Crippen molar-refractivity contribution < 1.29 is 22.7 Å². The number of anilines is 1. The number of esters is 1. The predicted octanol–water partition coefficient (Wildman–Crippen LogP) is 2.85. The van der Waals surface area contributed by atoms with Crippen LogP contribution in [0.5, 0.6) is 0 Å². The summed E-state index contributed by atoms with van der Waals surface area (Å²) in [6.07, 6.45) is 3.17. The molecule has 6 nitrogen and oxygen atoms in total. The molecule has 0 N–H and O–H groups in total. The van der Waals surface area contributed by atoms with Crippen molar-refractivity contribution in [3.8, 4) is 0 Å². The Kier molecular flexibility index (Phi) is 4.73. The van der Waals surface area contributed by atoms with Gasteiger partial charge in [0.1, 0.15) is 0 Å². The molecule has 29 heavy (non-hydrogen) atoms. The highest BCUT2D eigenvalue weighted by molar-refractivity contribution is 7.92. The van der Waals surface area contributed by atoms with Crippen LogP contribution < -0.4 is 4.31 Å². The first-order valence-corrected chi connectivity index (χ1v) is 11.5. The molecule has 0 radical (unpaired) electrons. The minimum atomic E-state index is -3.38. The normalized spacial score (nSPS) is 19.5. The molecule has 0 spiro atoms. The van der Waals surface area contributed by atoms with Crippen molar-refractivity contribution >= 4 is 27.5 Å². The van der Waals surface area contributed by atoms with Crippen molar-refractivity contribution in [3.63, 3.8) is 0 Å². The van der Waals surface area contributed by atoms with E-state index >= 15 is 0 Å². The number of Topliss-reactive ketones (excluding diaryl/α,β-unsaturated/α-hetero) is 1. The molecule has 7 heteroatoms. The van der Waals surface area contributed by atoms with Crippen LogP contribution in [0.3, 0.4) is 0 Å². The van der Waals surface area contributed by atoms with Crippen molar-refractivity contribution in [2.45, 2.75) is 37.6 Å². The molecule has 0 bridgehead atoms. The number of hydrogen-bond donors (Lipinski definition) is 0. The van der Waals surface area contributed by atoms with Gasteiger partial charge < -0.3 is 4.74 Å². The van der Waals surface area contributed by atoms with Gasteiger partial charge in [-0.25, -0.2) is 8.42 Å². The number of ketones is 1. The van der Waals surface area contributed by atoms with Gasteiger partial charge in [0.15, 0.2) is 12.4 Å². The van der Waals surface area contributed by atoms with Crippen molar-refractivity contribution in [1.29, 1.82) is 0 Å². The fourth-order valence-corrected chi connectivity index (χ4v) is 5.39. The molecule has 0 aromatic heterocycles. The van der Waals surface area contributed by atoms with Gasteiger partial charge in [-0.05, 0) is 55.5 Å². The Bertz CT molecular complexity index is 1070. The first-order chi connectivity index (χ1) is 13.7. The van der Waals surface area contributed by atoms with E-state index in [-0.39, 0.29) is 24.4 Å². The fraction of sp³-hybridized carbons (Fsp3) is 0.364. The van der Waals surface area contributed by atoms with Crippen molar-refractivity contribution in [2.75, 3.05) is 17.2 Å². The maximum Gasteiger partial charge on any atom is 0.317 e. The molecule has 2 aromatic carbocycles. The highest BCUT2D eigenvalue weighted by Crippen LogP contribution is 2.49. The summed E-state index contributed by atoms with van der Waals surface area (Å²) in [6.45, 7) is 1.51. The van der Waals surface area contributed by atoms with Crippen LogP contribution in [0.15, 0.2) is 48.5 Å². The molecule has 1 fully saturated rings. The van der Waals surface area contributed by atoms with E-state index in [4.69, 9.17) is 4.74 Å². The number of fused-ring (bicyclic) bond motifs is 1. The second-order valence-corrected chi connectivity index (χ2v) is 9.76. The lowest BCUT2D eigenvalue weighted by atomic mass is 9.96. The number of hydrogen-bond acceptors (Lipinski definition) is 5. The Morgan fingerprint density at radius 3 is 2.45 bits per heavy atom. The minimum absolute atomic E-state index is 0.191. The van der Waals surface area contributed by atoms with Crippen LogP contribution in [-0.2, 0) is 31.4 Å². The smallest absolute Gasteiger partial charge is 0.317 e. The van der Waals surface area contributed by atoms with Gasteiger partial charge >= 0.3 is 5.97 Å². The third-order valence-electron chi connectivity index (χ3n) is 5.71. The van der Waals surface area contributed by atoms with E-state index in [1.807, 2.05) is 37.3 Å². The monoisotopic (exact) mass is 413 g/mol. The third-order valence-corrected chi connectivity index (χ3v) is 6.98. The van der Waals surface area contributed by atoms with E-state index < -0.39 is 15.4 Å². The summed E-state index contributed by atoms with van der Waals surface area (Å²) < 4.78 is 30.8. The van der Waals surface area contributed by atoms with Gasteiger partial charge in [-0.15, -0.1) is 0 Å². The van der Waals surface area contributed by atoms with Gasteiger partial charge in [-0.2, -0.15) is 0 Å². The average Bonchev–Trinajstić information content (AvgIpc) is 3.42. The van der Waals surface area contributed by atoms with E-state index in [1.165, 1.54) is 10.6 Å². The average molecular weight is 413 g/mol. The molecule has 0 unspecified atom stereocenters. The summed E-state index contributed by atoms with van der Waals surface area (Å²) in [7, 11) is -3.38. The van der Waals surface area contributed by atoms with Crippen molar-refractivity contribution in [3.05, 3.63) is 65.2 Å². The topological polar surface area (TPSA) is 80.8 Å². The second-order valence-electron chi connectivity index (χ2n) is 7.90. The Balaban J connectivity index is 1.45. The Morgan fingerprint density at radius 1 is 1.14 bits per heavy atom.